The standard InChI is InChI=1S/C15H15N3O3S/c1-18(9-11-4-3-7-21-11)15-13-8-12(22(2,19)20)5-6-14(13)16-10-17-15/h3-8,10H,9H2,1-2H3. The number of fused-ring (bicyclic) bond motifs is 1. The second kappa shape index (κ2) is 5.42. The molecule has 0 unspecified atom stereocenters. The Morgan fingerprint density at radius 3 is 2.73 bits per heavy atom. The van der Waals surface area contributed by atoms with E-state index in [1.807, 2.05) is 24.1 Å². The lowest BCUT2D eigenvalue weighted by atomic mass is 10.2. The van der Waals surface area contributed by atoms with Crippen LogP contribution < -0.4 is 4.90 Å². The van der Waals surface area contributed by atoms with Crippen molar-refractivity contribution in [3.8, 4) is 0 Å². The van der Waals surface area contributed by atoms with Crippen LogP contribution in [-0.4, -0.2) is 31.7 Å². The zero-order chi connectivity index (χ0) is 15.7. The molecule has 0 bridgehead atoms. The van der Waals surface area contributed by atoms with Gasteiger partial charge in [0.25, 0.3) is 0 Å². The van der Waals surface area contributed by atoms with Gasteiger partial charge in [-0.3, -0.25) is 0 Å². The quantitative estimate of drug-likeness (QED) is 0.734. The Bertz CT molecular complexity index is 905. The molecule has 3 aromatic rings. The number of rotatable bonds is 4. The van der Waals surface area contributed by atoms with Gasteiger partial charge in [-0.15, -0.1) is 0 Å². The molecule has 3 rings (SSSR count). The molecule has 2 aromatic heterocycles. The predicted octanol–water partition coefficient (Wildman–Crippen LogP) is 2.26. The van der Waals surface area contributed by atoms with Gasteiger partial charge < -0.3 is 9.32 Å². The molecular formula is C15H15N3O3S. The van der Waals surface area contributed by atoms with E-state index in [1.165, 1.54) is 12.6 Å². The summed E-state index contributed by atoms with van der Waals surface area (Å²) in [5, 5.41) is 0.694. The molecule has 0 atom stereocenters. The van der Waals surface area contributed by atoms with Crippen molar-refractivity contribution < 1.29 is 12.8 Å². The molecule has 0 spiro atoms. The van der Waals surface area contributed by atoms with E-state index in [2.05, 4.69) is 9.97 Å². The minimum absolute atomic E-state index is 0.252. The van der Waals surface area contributed by atoms with Crippen molar-refractivity contribution >= 4 is 26.6 Å². The van der Waals surface area contributed by atoms with Crippen LogP contribution in [0, 0.1) is 0 Å². The van der Waals surface area contributed by atoms with Crippen molar-refractivity contribution in [1.29, 1.82) is 0 Å². The Morgan fingerprint density at radius 1 is 1.23 bits per heavy atom. The Kier molecular flexibility index (Phi) is 3.58. The lowest BCUT2D eigenvalue weighted by Gasteiger charge is -2.18. The SMILES string of the molecule is CN(Cc1ccco1)c1ncnc2ccc(S(C)(=O)=O)cc12. The Morgan fingerprint density at radius 2 is 2.05 bits per heavy atom. The lowest BCUT2D eigenvalue weighted by molar-refractivity contribution is 0.507. The van der Waals surface area contributed by atoms with Crippen LogP contribution in [0.25, 0.3) is 10.9 Å². The molecule has 7 heteroatoms. The molecule has 1 aromatic carbocycles. The van der Waals surface area contributed by atoms with Crippen molar-refractivity contribution in [3.05, 3.63) is 48.7 Å². The van der Waals surface area contributed by atoms with Gasteiger partial charge in [-0.05, 0) is 30.3 Å². The first-order valence-electron chi connectivity index (χ1n) is 6.63. The third-order valence-electron chi connectivity index (χ3n) is 3.35. The van der Waals surface area contributed by atoms with Crippen LogP contribution in [0.3, 0.4) is 0 Å². The van der Waals surface area contributed by atoms with E-state index >= 15 is 0 Å². The molecule has 0 N–H and O–H groups in total. The van der Waals surface area contributed by atoms with Crippen molar-refractivity contribution in [1.82, 2.24) is 9.97 Å². The Hall–Kier alpha value is -2.41. The molecule has 0 saturated carbocycles. The van der Waals surface area contributed by atoms with Gasteiger partial charge >= 0.3 is 0 Å². The van der Waals surface area contributed by atoms with Gasteiger partial charge in [0, 0.05) is 18.7 Å². The minimum Gasteiger partial charge on any atom is -0.467 e. The number of hydrogen-bond donors (Lipinski definition) is 0. The highest BCUT2D eigenvalue weighted by atomic mass is 32.2. The zero-order valence-corrected chi connectivity index (χ0v) is 13.0. The van der Waals surface area contributed by atoms with Crippen LogP contribution in [0.1, 0.15) is 5.76 Å². The highest BCUT2D eigenvalue weighted by Crippen LogP contribution is 2.26. The van der Waals surface area contributed by atoms with Crippen LogP contribution >= 0.6 is 0 Å². The fourth-order valence-corrected chi connectivity index (χ4v) is 2.92. The minimum atomic E-state index is -3.28. The van der Waals surface area contributed by atoms with E-state index in [0.717, 1.165) is 5.76 Å². The van der Waals surface area contributed by atoms with Gasteiger partial charge in [-0.25, -0.2) is 18.4 Å². The molecule has 0 aliphatic heterocycles. The summed E-state index contributed by atoms with van der Waals surface area (Å²) in [6, 6.07) is 8.56. The second-order valence-electron chi connectivity index (χ2n) is 5.08. The zero-order valence-electron chi connectivity index (χ0n) is 12.2. The predicted molar refractivity (Wildman–Crippen MR) is 83.5 cm³/mol. The van der Waals surface area contributed by atoms with Gasteiger partial charge in [0.2, 0.25) is 0 Å². The number of aromatic nitrogens is 2. The Balaban J connectivity index is 2.08. The van der Waals surface area contributed by atoms with Gasteiger partial charge in [0.05, 0.1) is 23.2 Å². The van der Waals surface area contributed by atoms with Crippen LogP contribution in [0.5, 0.6) is 0 Å². The summed E-state index contributed by atoms with van der Waals surface area (Å²) in [7, 11) is -1.41. The number of furan rings is 1. The molecule has 114 valence electrons. The maximum atomic E-state index is 11.7. The molecule has 2 heterocycles. The summed E-state index contributed by atoms with van der Waals surface area (Å²) in [6.07, 6.45) is 4.27. The molecule has 6 nitrogen and oxygen atoms in total. The number of benzene rings is 1. The fourth-order valence-electron chi connectivity index (χ4n) is 2.27. The monoisotopic (exact) mass is 317 g/mol. The molecular weight excluding hydrogens is 302 g/mol. The van der Waals surface area contributed by atoms with Gasteiger partial charge in [0.15, 0.2) is 9.84 Å². The van der Waals surface area contributed by atoms with E-state index in [1.54, 1.807) is 24.5 Å². The summed E-state index contributed by atoms with van der Waals surface area (Å²) >= 11 is 0. The molecule has 0 fully saturated rings. The number of sulfone groups is 1. The molecule has 0 radical (unpaired) electrons. The van der Waals surface area contributed by atoms with Crippen molar-refractivity contribution in [2.75, 3.05) is 18.2 Å². The van der Waals surface area contributed by atoms with Crippen molar-refractivity contribution in [2.45, 2.75) is 11.4 Å². The van der Waals surface area contributed by atoms with E-state index < -0.39 is 9.84 Å². The van der Waals surface area contributed by atoms with Gasteiger partial charge in [0.1, 0.15) is 17.9 Å². The summed E-state index contributed by atoms with van der Waals surface area (Å²) < 4.78 is 28.8. The van der Waals surface area contributed by atoms with E-state index in [9.17, 15) is 8.42 Å². The van der Waals surface area contributed by atoms with Crippen LogP contribution in [0.15, 0.2) is 52.2 Å². The number of nitrogens with zero attached hydrogens (tertiary/aromatic N) is 3. The third kappa shape index (κ3) is 2.80. The van der Waals surface area contributed by atoms with Crippen molar-refractivity contribution in [3.63, 3.8) is 0 Å². The molecule has 0 aliphatic carbocycles. The normalized spacial score (nSPS) is 11.7. The van der Waals surface area contributed by atoms with E-state index in [4.69, 9.17) is 4.42 Å². The Labute approximate surface area is 128 Å². The first-order valence-corrected chi connectivity index (χ1v) is 8.52. The average Bonchev–Trinajstić information content (AvgIpc) is 2.98. The summed E-state index contributed by atoms with van der Waals surface area (Å²) in [4.78, 5) is 10.6. The smallest absolute Gasteiger partial charge is 0.175 e. The van der Waals surface area contributed by atoms with Crippen LogP contribution in [0.4, 0.5) is 5.82 Å². The third-order valence-corrected chi connectivity index (χ3v) is 4.46. The molecule has 0 aliphatic rings. The number of anilines is 1. The highest BCUT2D eigenvalue weighted by molar-refractivity contribution is 7.90. The average molecular weight is 317 g/mol. The van der Waals surface area contributed by atoms with Gasteiger partial charge in [-0.2, -0.15) is 0 Å². The largest absolute Gasteiger partial charge is 0.467 e. The second-order valence-corrected chi connectivity index (χ2v) is 7.10. The summed E-state index contributed by atoms with van der Waals surface area (Å²) in [6.45, 7) is 0.530. The van der Waals surface area contributed by atoms with Gasteiger partial charge in [-0.1, -0.05) is 0 Å². The van der Waals surface area contributed by atoms with Crippen LogP contribution in [-0.2, 0) is 16.4 Å². The maximum absolute atomic E-state index is 11.7. The first-order chi connectivity index (χ1) is 10.4. The maximum Gasteiger partial charge on any atom is 0.175 e. The van der Waals surface area contributed by atoms with Crippen LogP contribution in [0.2, 0.25) is 0 Å². The number of hydrogen-bond acceptors (Lipinski definition) is 6. The molecule has 0 saturated heterocycles. The topological polar surface area (TPSA) is 76.3 Å². The summed E-state index contributed by atoms with van der Waals surface area (Å²) in [5.41, 5.74) is 0.698. The van der Waals surface area contributed by atoms with E-state index in [-0.39, 0.29) is 4.90 Å². The molecule has 0 amide bonds. The summed E-state index contributed by atoms with van der Waals surface area (Å²) in [5.74, 6) is 1.46. The first kappa shape index (κ1) is 14.5. The van der Waals surface area contributed by atoms with Crippen molar-refractivity contribution in [2.24, 2.45) is 0 Å². The fraction of sp³-hybridized carbons (Fsp3) is 0.200. The molecule has 22 heavy (non-hydrogen) atoms. The highest BCUT2D eigenvalue weighted by Gasteiger charge is 2.14. The van der Waals surface area contributed by atoms with E-state index in [0.29, 0.717) is 23.3 Å². The lowest BCUT2D eigenvalue weighted by Crippen LogP contribution is -2.18.